The highest BCUT2D eigenvalue weighted by atomic mass is 32.2. The summed E-state index contributed by atoms with van der Waals surface area (Å²) in [5.74, 6) is -1.36. The van der Waals surface area contributed by atoms with Gasteiger partial charge in [0.15, 0.2) is 9.84 Å². The lowest BCUT2D eigenvalue weighted by Crippen LogP contribution is -2.29. The van der Waals surface area contributed by atoms with E-state index in [1.165, 1.54) is 22.9 Å². The summed E-state index contributed by atoms with van der Waals surface area (Å²) in [6.07, 6.45) is 1.78. The summed E-state index contributed by atoms with van der Waals surface area (Å²) in [5.41, 5.74) is -0.987. The molecule has 0 aliphatic carbocycles. The number of rotatable bonds is 2. The Bertz CT molecular complexity index is 616. The molecule has 1 aliphatic heterocycles. The molecule has 2 heterocycles. The van der Waals surface area contributed by atoms with Gasteiger partial charge >= 0.3 is 5.97 Å². The van der Waals surface area contributed by atoms with Crippen molar-refractivity contribution in [2.24, 2.45) is 0 Å². The number of carboxylic acid groups (broad SMARTS) is 1. The number of pyridine rings is 1. The SMILES string of the molecule is O=C(O)c1cccn([C@H]2CCS(=O)(=O)C2)c1=O. The Morgan fingerprint density at radius 1 is 1.47 bits per heavy atom. The van der Waals surface area contributed by atoms with Gasteiger partial charge < -0.3 is 9.67 Å². The van der Waals surface area contributed by atoms with E-state index in [1.54, 1.807) is 0 Å². The van der Waals surface area contributed by atoms with Crippen LogP contribution in [0.25, 0.3) is 0 Å². The first-order valence-electron chi connectivity index (χ1n) is 5.05. The van der Waals surface area contributed by atoms with Crippen molar-refractivity contribution in [1.29, 1.82) is 0 Å². The number of carbonyl (C=O) groups is 1. The smallest absolute Gasteiger partial charge is 0.341 e. The molecule has 1 aromatic heterocycles. The van der Waals surface area contributed by atoms with E-state index >= 15 is 0 Å². The minimum absolute atomic E-state index is 0.0431. The van der Waals surface area contributed by atoms with E-state index in [0.717, 1.165) is 0 Å². The van der Waals surface area contributed by atoms with Crippen molar-refractivity contribution >= 4 is 15.8 Å². The Kier molecular flexibility index (Phi) is 2.78. The highest BCUT2D eigenvalue weighted by molar-refractivity contribution is 7.91. The molecule has 1 saturated heterocycles. The number of nitrogens with zero attached hydrogens (tertiary/aromatic N) is 1. The number of hydrogen-bond acceptors (Lipinski definition) is 4. The van der Waals surface area contributed by atoms with Gasteiger partial charge in [-0.05, 0) is 18.6 Å². The second kappa shape index (κ2) is 3.99. The molecule has 2 rings (SSSR count). The third-order valence-electron chi connectivity index (χ3n) is 2.81. The van der Waals surface area contributed by atoms with Crippen LogP contribution in [0.1, 0.15) is 22.8 Å². The number of hydrogen-bond donors (Lipinski definition) is 1. The first kappa shape index (κ1) is 11.8. The molecule has 0 spiro atoms. The molecule has 1 aliphatic rings. The van der Waals surface area contributed by atoms with Crippen molar-refractivity contribution in [2.45, 2.75) is 12.5 Å². The first-order chi connectivity index (χ1) is 7.91. The lowest BCUT2D eigenvalue weighted by molar-refractivity contribution is 0.0694. The fourth-order valence-corrected chi connectivity index (χ4v) is 3.67. The van der Waals surface area contributed by atoms with Gasteiger partial charge in [-0.3, -0.25) is 4.79 Å². The van der Waals surface area contributed by atoms with Gasteiger partial charge in [-0.25, -0.2) is 13.2 Å². The van der Waals surface area contributed by atoms with E-state index in [4.69, 9.17) is 5.11 Å². The number of sulfone groups is 1. The molecule has 7 heteroatoms. The van der Waals surface area contributed by atoms with E-state index in [0.29, 0.717) is 6.42 Å². The molecule has 17 heavy (non-hydrogen) atoms. The van der Waals surface area contributed by atoms with E-state index in [9.17, 15) is 18.0 Å². The summed E-state index contributed by atoms with van der Waals surface area (Å²) in [6, 6.07) is 2.20. The van der Waals surface area contributed by atoms with Crippen molar-refractivity contribution in [3.05, 3.63) is 34.2 Å². The molecule has 0 saturated carbocycles. The molecule has 1 atom stereocenters. The average Bonchev–Trinajstić information content (AvgIpc) is 2.58. The van der Waals surface area contributed by atoms with Crippen LogP contribution in [-0.4, -0.2) is 35.6 Å². The predicted molar refractivity (Wildman–Crippen MR) is 60.0 cm³/mol. The summed E-state index contributed by atoms with van der Waals surface area (Å²) in [4.78, 5) is 22.6. The topological polar surface area (TPSA) is 93.4 Å². The van der Waals surface area contributed by atoms with Crippen LogP contribution < -0.4 is 5.56 Å². The maximum atomic E-state index is 11.8. The van der Waals surface area contributed by atoms with Crippen LogP contribution in [0.4, 0.5) is 0 Å². The lowest BCUT2D eigenvalue weighted by Gasteiger charge is -2.12. The Morgan fingerprint density at radius 3 is 2.71 bits per heavy atom. The Balaban J connectivity index is 2.45. The molecule has 1 aromatic rings. The highest BCUT2D eigenvalue weighted by Gasteiger charge is 2.30. The molecule has 1 N–H and O–H groups in total. The Hall–Kier alpha value is -1.63. The van der Waals surface area contributed by atoms with Gasteiger partial charge in [0.25, 0.3) is 5.56 Å². The highest BCUT2D eigenvalue weighted by Crippen LogP contribution is 2.21. The van der Waals surface area contributed by atoms with E-state index < -0.39 is 27.4 Å². The van der Waals surface area contributed by atoms with Crippen molar-refractivity contribution in [2.75, 3.05) is 11.5 Å². The maximum absolute atomic E-state index is 11.8. The van der Waals surface area contributed by atoms with E-state index in [2.05, 4.69) is 0 Å². The predicted octanol–water partition coefficient (Wildman–Crippen LogP) is -0.0939. The van der Waals surface area contributed by atoms with Crippen molar-refractivity contribution in [3.8, 4) is 0 Å². The van der Waals surface area contributed by atoms with Gasteiger partial charge in [0.2, 0.25) is 0 Å². The van der Waals surface area contributed by atoms with Gasteiger partial charge in [-0.1, -0.05) is 0 Å². The van der Waals surface area contributed by atoms with Gasteiger partial charge in [-0.2, -0.15) is 0 Å². The second-order valence-electron chi connectivity index (χ2n) is 4.00. The summed E-state index contributed by atoms with van der Waals surface area (Å²) >= 11 is 0. The summed E-state index contributed by atoms with van der Waals surface area (Å²) in [5, 5.41) is 8.80. The Morgan fingerprint density at radius 2 is 2.18 bits per heavy atom. The van der Waals surface area contributed by atoms with Crippen molar-refractivity contribution in [3.63, 3.8) is 0 Å². The van der Waals surface area contributed by atoms with Crippen molar-refractivity contribution < 1.29 is 18.3 Å². The standard InChI is InChI=1S/C10H11NO5S/c12-9-8(10(13)14)2-1-4-11(9)7-3-5-17(15,16)6-7/h1-2,4,7H,3,5-6H2,(H,13,14)/t7-/m0/s1. The third-order valence-corrected chi connectivity index (χ3v) is 4.56. The van der Waals surface area contributed by atoms with Crippen LogP contribution in [0.2, 0.25) is 0 Å². The monoisotopic (exact) mass is 257 g/mol. The number of carboxylic acids is 1. The van der Waals surface area contributed by atoms with E-state index in [1.807, 2.05) is 0 Å². The summed E-state index contributed by atoms with van der Waals surface area (Å²) < 4.78 is 23.8. The molecule has 0 unspecified atom stereocenters. The van der Waals surface area contributed by atoms with Crippen LogP contribution in [0.5, 0.6) is 0 Å². The van der Waals surface area contributed by atoms with Crippen LogP contribution in [0.15, 0.2) is 23.1 Å². The molecular formula is C10H11NO5S. The van der Waals surface area contributed by atoms with Crippen LogP contribution in [0.3, 0.4) is 0 Å². The molecule has 0 radical (unpaired) electrons. The van der Waals surface area contributed by atoms with Gasteiger partial charge in [0.05, 0.1) is 17.5 Å². The molecule has 1 fully saturated rings. The maximum Gasteiger partial charge on any atom is 0.341 e. The number of aromatic carboxylic acids is 1. The number of aromatic nitrogens is 1. The zero-order valence-electron chi connectivity index (χ0n) is 8.87. The van der Waals surface area contributed by atoms with Gasteiger partial charge in [0.1, 0.15) is 5.56 Å². The quantitative estimate of drug-likeness (QED) is 0.799. The Labute approximate surface area is 97.4 Å². The minimum atomic E-state index is -3.10. The van der Waals surface area contributed by atoms with Gasteiger partial charge in [0, 0.05) is 6.20 Å². The zero-order chi connectivity index (χ0) is 12.6. The lowest BCUT2D eigenvalue weighted by atomic mass is 10.2. The summed E-state index contributed by atoms with van der Waals surface area (Å²) in [6.45, 7) is 0. The fourth-order valence-electron chi connectivity index (χ4n) is 1.96. The fraction of sp³-hybridized carbons (Fsp3) is 0.400. The molecule has 6 nitrogen and oxygen atoms in total. The van der Waals surface area contributed by atoms with Crippen LogP contribution in [-0.2, 0) is 9.84 Å². The average molecular weight is 257 g/mol. The largest absolute Gasteiger partial charge is 0.477 e. The first-order valence-corrected chi connectivity index (χ1v) is 6.88. The second-order valence-corrected chi connectivity index (χ2v) is 6.23. The zero-order valence-corrected chi connectivity index (χ0v) is 9.68. The molecular weight excluding hydrogens is 246 g/mol. The summed E-state index contributed by atoms with van der Waals surface area (Å²) in [7, 11) is -3.10. The third kappa shape index (κ3) is 2.23. The van der Waals surface area contributed by atoms with Crippen molar-refractivity contribution in [1.82, 2.24) is 4.57 Å². The van der Waals surface area contributed by atoms with Gasteiger partial charge in [-0.15, -0.1) is 0 Å². The normalized spacial score (nSPS) is 22.5. The molecule has 0 bridgehead atoms. The molecule has 0 aromatic carbocycles. The minimum Gasteiger partial charge on any atom is -0.477 e. The van der Waals surface area contributed by atoms with Crippen LogP contribution >= 0.6 is 0 Å². The molecule has 0 amide bonds. The molecule has 92 valence electrons. The van der Waals surface area contributed by atoms with Crippen LogP contribution in [0, 0.1) is 0 Å². The van der Waals surface area contributed by atoms with E-state index in [-0.39, 0.29) is 17.1 Å².